The third-order valence-electron chi connectivity index (χ3n) is 3.52. The molecule has 3 aromatic rings. The molecule has 8 heteroatoms. The molecule has 24 heavy (non-hydrogen) atoms. The number of hydrogen-bond acceptors (Lipinski definition) is 5. The van der Waals surface area contributed by atoms with Crippen LogP contribution >= 0.6 is 11.8 Å². The SMILES string of the molecule is Cc1ccc(-c2cc(C(=O)NCCSCc3nc[nH]c3C)n[nH]2)o1. The van der Waals surface area contributed by atoms with Crippen LogP contribution in [0.2, 0.25) is 0 Å². The van der Waals surface area contributed by atoms with Gasteiger partial charge < -0.3 is 14.7 Å². The Labute approximate surface area is 143 Å². The second-order valence-electron chi connectivity index (χ2n) is 5.36. The van der Waals surface area contributed by atoms with E-state index in [4.69, 9.17) is 4.42 Å². The van der Waals surface area contributed by atoms with Crippen LogP contribution < -0.4 is 5.32 Å². The van der Waals surface area contributed by atoms with E-state index in [-0.39, 0.29) is 5.91 Å². The minimum atomic E-state index is -0.197. The fourth-order valence-electron chi connectivity index (χ4n) is 2.17. The summed E-state index contributed by atoms with van der Waals surface area (Å²) >= 11 is 1.73. The molecule has 1 amide bonds. The molecule has 7 nitrogen and oxygen atoms in total. The molecule has 0 unspecified atom stereocenters. The zero-order chi connectivity index (χ0) is 16.9. The number of aromatic amines is 2. The van der Waals surface area contributed by atoms with Crippen LogP contribution in [0.3, 0.4) is 0 Å². The highest BCUT2D eigenvalue weighted by molar-refractivity contribution is 7.98. The van der Waals surface area contributed by atoms with Crippen LogP contribution in [0.15, 0.2) is 28.9 Å². The Morgan fingerprint density at radius 1 is 1.38 bits per heavy atom. The number of imidazole rings is 1. The number of H-pyrrole nitrogens is 2. The average Bonchev–Trinajstić information content (AvgIpc) is 3.28. The van der Waals surface area contributed by atoms with Crippen molar-refractivity contribution in [3.63, 3.8) is 0 Å². The fourth-order valence-corrected chi connectivity index (χ4v) is 3.05. The largest absolute Gasteiger partial charge is 0.460 e. The molecule has 0 saturated heterocycles. The Hall–Kier alpha value is -2.48. The van der Waals surface area contributed by atoms with Gasteiger partial charge in [-0.25, -0.2) is 4.98 Å². The number of thioether (sulfide) groups is 1. The van der Waals surface area contributed by atoms with Crippen LogP contribution in [0.25, 0.3) is 11.5 Å². The molecule has 3 N–H and O–H groups in total. The number of rotatable bonds is 7. The van der Waals surface area contributed by atoms with Gasteiger partial charge in [0.05, 0.1) is 12.0 Å². The smallest absolute Gasteiger partial charge is 0.271 e. The molecule has 126 valence electrons. The van der Waals surface area contributed by atoms with Crippen molar-refractivity contribution >= 4 is 17.7 Å². The van der Waals surface area contributed by atoms with E-state index in [2.05, 4.69) is 25.5 Å². The van der Waals surface area contributed by atoms with E-state index < -0.39 is 0 Å². The molecule has 0 bridgehead atoms. The summed E-state index contributed by atoms with van der Waals surface area (Å²) in [5, 5.41) is 9.72. The first-order chi connectivity index (χ1) is 11.6. The predicted molar refractivity (Wildman–Crippen MR) is 92.8 cm³/mol. The van der Waals surface area contributed by atoms with Crippen LogP contribution in [0.1, 0.15) is 27.6 Å². The quantitative estimate of drug-likeness (QED) is 0.572. The van der Waals surface area contributed by atoms with E-state index in [0.29, 0.717) is 23.7 Å². The number of nitrogens with zero attached hydrogens (tertiary/aromatic N) is 2. The van der Waals surface area contributed by atoms with Gasteiger partial charge in [-0.1, -0.05) is 0 Å². The monoisotopic (exact) mass is 345 g/mol. The number of hydrogen-bond donors (Lipinski definition) is 3. The highest BCUT2D eigenvalue weighted by Gasteiger charge is 2.12. The second-order valence-corrected chi connectivity index (χ2v) is 6.47. The molecule has 0 saturated carbocycles. The van der Waals surface area contributed by atoms with Gasteiger partial charge in [-0.3, -0.25) is 9.89 Å². The van der Waals surface area contributed by atoms with Crippen molar-refractivity contribution < 1.29 is 9.21 Å². The van der Waals surface area contributed by atoms with Gasteiger partial charge in [0.25, 0.3) is 5.91 Å². The van der Waals surface area contributed by atoms with Gasteiger partial charge in [-0.2, -0.15) is 16.9 Å². The average molecular weight is 345 g/mol. The summed E-state index contributed by atoms with van der Waals surface area (Å²) in [4.78, 5) is 19.4. The van der Waals surface area contributed by atoms with Gasteiger partial charge in [-0.05, 0) is 26.0 Å². The van der Waals surface area contributed by atoms with E-state index >= 15 is 0 Å². The summed E-state index contributed by atoms with van der Waals surface area (Å²) in [6, 6.07) is 5.40. The summed E-state index contributed by atoms with van der Waals surface area (Å²) in [5.41, 5.74) is 3.18. The Kier molecular flexibility index (Phi) is 5.05. The summed E-state index contributed by atoms with van der Waals surface area (Å²) in [6.07, 6.45) is 1.70. The maximum Gasteiger partial charge on any atom is 0.271 e. The Morgan fingerprint density at radius 3 is 2.96 bits per heavy atom. The molecule has 0 radical (unpaired) electrons. The van der Waals surface area contributed by atoms with Crippen molar-refractivity contribution in [2.75, 3.05) is 12.3 Å². The van der Waals surface area contributed by atoms with Crippen molar-refractivity contribution in [2.24, 2.45) is 0 Å². The third-order valence-corrected chi connectivity index (χ3v) is 4.49. The fraction of sp³-hybridized carbons (Fsp3) is 0.312. The molecule has 0 atom stereocenters. The number of aromatic nitrogens is 4. The lowest BCUT2D eigenvalue weighted by atomic mass is 10.3. The Balaban J connectivity index is 1.44. The third kappa shape index (κ3) is 3.88. The first-order valence-electron chi connectivity index (χ1n) is 7.60. The lowest BCUT2D eigenvalue weighted by molar-refractivity contribution is 0.0951. The van der Waals surface area contributed by atoms with Crippen molar-refractivity contribution in [1.29, 1.82) is 0 Å². The number of carbonyl (C=O) groups is 1. The van der Waals surface area contributed by atoms with Gasteiger partial charge >= 0.3 is 0 Å². The number of furan rings is 1. The molecular weight excluding hydrogens is 326 g/mol. The van der Waals surface area contributed by atoms with E-state index in [0.717, 1.165) is 28.7 Å². The standard InChI is InChI=1S/C16H19N5O2S/c1-10-3-4-15(23-10)12-7-13(21-20-12)16(22)17-5-6-24-8-14-11(2)18-9-19-14/h3-4,7,9H,5-6,8H2,1-2H3,(H,17,22)(H,18,19)(H,20,21). The van der Waals surface area contributed by atoms with Crippen molar-refractivity contribution in [2.45, 2.75) is 19.6 Å². The van der Waals surface area contributed by atoms with E-state index in [1.807, 2.05) is 26.0 Å². The first-order valence-corrected chi connectivity index (χ1v) is 8.76. The predicted octanol–water partition coefficient (Wildman–Crippen LogP) is 2.67. The topological polar surface area (TPSA) is 99.6 Å². The van der Waals surface area contributed by atoms with Crippen molar-refractivity contribution in [3.05, 3.63) is 47.4 Å². The van der Waals surface area contributed by atoms with Crippen molar-refractivity contribution in [1.82, 2.24) is 25.5 Å². The lowest BCUT2D eigenvalue weighted by Crippen LogP contribution is -2.26. The summed E-state index contributed by atoms with van der Waals surface area (Å²) < 4.78 is 5.51. The van der Waals surface area contributed by atoms with Crippen molar-refractivity contribution in [3.8, 4) is 11.5 Å². The van der Waals surface area contributed by atoms with Crippen LogP contribution in [-0.2, 0) is 5.75 Å². The molecular formula is C16H19N5O2S. The van der Waals surface area contributed by atoms with E-state index in [1.165, 1.54) is 0 Å². The molecule has 3 rings (SSSR count). The maximum absolute atomic E-state index is 12.1. The van der Waals surface area contributed by atoms with Crippen LogP contribution in [0, 0.1) is 13.8 Å². The zero-order valence-corrected chi connectivity index (χ0v) is 14.4. The van der Waals surface area contributed by atoms with Gasteiger partial charge in [0.2, 0.25) is 0 Å². The number of carbonyl (C=O) groups excluding carboxylic acids is 1. The lowest BCUT2D eigenvalue weighted by Gasteiger charge is -2.02. The number of amides is 1. The Bertz CT molecular complexity index is 820. The minimum absolute atomic E-state index is 0.197. The molecule has 0 spiro atoms. The van der Waals surface area contributed by atoms with Crippen LogP contribution in [0.4, 0.5) is 0 Å². The molecule has 0 fully saturated rings. The summed E-state index contributed by atoms with van der Waals surface area (Å²) in [7, 11) is 0. The van der Waals surface area contributed by atoms with E-state index in [9.17, 15) is 4.79 Å². The molecule has 0 aliphatic rings. The minimum Gasteiger partial charge on any atom is -0.460 e. The van der Waals surface area contributed by atoms with E-state index in [1.54, 1.807) is 24.2 Å². The second kappa shape index (κ2) is 7.39. The van der Waals surface area contributed by atoms with Crippen LogP contribution in [0.5, 0.6) is 0 Å². The van der Waals surface area contributed by atoms with Gasteiger partial charge in [0.1, 0.15) is 11.5 Å². The highest BCUT2D eigenvalue weighted by atomic mass is 32.2. The first kappa shape index (κ1) is 16.4. The number of nitrogens with one attached hydrogen (secondary N) is 3. The molecule has 0 aliphatic heterocycles. The highest BCUT2D eigenvalue weighted by Crippen LogP contribution is 2.20. The number of aryl methyl sites for hydroxylation is 2. The van der Waals surface area contributed by atoms with Gasteiger partial charge in [0.15, 0.2) is 11.5 Å². The van der Waals surface area contributed by atoms with Crippen LogP contribution in [-0.4, -0.2) is 38.4 Å². The molecule has 3 aromatic heterocycles. The summed E-state index contributed by atoms with van der Waals surface area (Å²) in [5.74, 6) is 2.93. The normalized spacial score (nSPS) is 10.9. The molecule has 3 heterocycles. The maximum atomic E-state index is 12.1. The zero-order valence-electron chi connectivity index (χ0n) is 13.5. The van der Waals surface area contributed by atoms with Gasteiger partial charge in [-0.15, -0.1) is 0 Å². The summed E-state index contributed by atoms with van der Waals surface area (Å²) in [6.45, 7) is 4.45. The molecule has 0 aliphatic carbocycles. The molecule has 0 aromatic carbocycles. The van der Waals surface area contributed by atoms with Gasteiger partial charge in [0, 0.05) is 29.8 Å². The Morgan fingerprint density at radius 2 is 2.25 bits per heavy atom.